The van der Waals surface area contributed by atoms with Crippen molar-refractivity contribution in [2.75, 3.05) is 12.3 Å². The van der Waals surface area contributed by atoms with E-state index in [9.17, 15) is 20.1 Å². The predicted octanol–water partition coefficient (Wildman–Crippen LogP) is -1.62. The van der Waals surface area contributed by atoms with E-state index < -0.39 is 36.2 Å². The van der Waals surface area contributed by atoms with Gasteiger partial charge in [0.05, 0.1) is 12.0 Å². The number of fused-ring (bicyclic) bond motifs is 1. The third-order valence-corrected chi connectivity index (χ3v) is 3.92. The predicted molar refractivity (Wildman–Crippen MR) is 75.8 cm³/mol. The first kappa shape index (κ1) is 14.9. The van der Waals surface area contributed by atoms with Crippen LogP contribution in [-0.4, -0.2) is 54.3 Å². The zero-order chi connectivity index (χ0) is 16.1. The van der Waals surface area contributed by atoms with Crippen molar-refractivity contribution in [3.8, 4) is 0 Å². The number of pyridine rings is 1. The molecule has 3 heterocycles. The summed E-state index contributed by atoms with van der Waals surface area (Å²) in [5, 5.41) is 30.2. The van der Waals surface area contributed by atoms with Crippen molar-refractivity contribution in [3.05, 3.63) is 28.8 Å². The lowest BCUT2D eigenvalue weighted by molar-refractivity contribution is -0.0963. The molecule has 1 fully saturated rings. The normalized spacial score (nSPS) is 31.7. The van der Waals surface area contributed by atoms with E-state index in [1.54, 1.807) is 0 Å². The Labute approximate surface area is 124 Å². The second kappa shape index (κ2) is 4.99. The third kappa shape index (κ3) is 1.98. The summed E-state index contributed by atoms with van der Waals surface area (Å²) in [6.45, 7) is 0.832. The Morgan fingerprint density at radius 3 is 2.82 bits per heavy atom. The summed E-state index contributed by atoms with van der Waals surface area (Å²) in [6.07, 6.45) is -2.40. The fourth-order valence-corrected chi connectivity index (χ4v) is 2.68. The molecular weight excluding hydrogens is 292 g/mol. The summed E-state index contributed by atoms with van der Waals surface area (Å²) in [5.74, 6) is 0.177. The van der Waals surface area contributed by atoms with Crippen molar-refractivity contribution < 1.29 is 20.1 Å². The molecule has 4 atom stereocenters. The summed E-state index contributed by atoms with van der Waals surface area (Å²) < 4.78 is 6.57. The van der Waals surface area contributed by atoms with Crippen LogP contribution in [0.4, 0.5) is 5.82 Å². The quantitative estimate of drug-likeness (QED) is 0.518. The maximum Gasteiger partial charge on any atom is 0.254 e. The molecule has 3 rings (SSSR count). The number of nitrogen functional groups attached to an aromatic ring is 1. The number of hydrogen-bond acceptors (Lipinski definition) is 8. The molecule has 118 valence electrons. The molecular formula is C13H16N4O5. The minimum Gasteiger partial charge on any atom is -0.394 e. The highest BCUT2D eigenvalue weighted by Crippen LogP contribution is 2.38. The number of anilines is 1. The Balaban J connectivity index is 2.24. The van der Waals surface area contributed by atoms with Crippen molar-refractivity contribution in [2.45, 2.75) is 31.0 Å². The van der Waals surface area contributed by atoms with E-state index in [0.29, 0.717) is 5.39 Å². The average Bonchev–Trinajstić information content (AvgIpc) is 2.70. The first-order valence-corrected chi connectivity index (χ1v) is 6.66. The Kier molecular flexibility index (Phi) is 3.37. The lowest BCUT2D eigenvalue weighted by atomic mass is 9.96. The molecule has 0 radical (unpaired) electrons. The molecule has 9 nitrogen and oxygen atoms in total. The lowest BCUT2D eigenvalue weighted by Gasteiger charge is -2.28. The molecule has 5 N–H and O–H groups in total. The first-order chi connectivity index (χ1) is 10.4. The molecule has 9 heteroatoms. The summed E-state index contributed by atoms with van der Waals surface area (Å²) in [6, 6.07) is 2.73. The minimum atomic E-state index is -1.79. The van der Waals surface area contributed by atoms with Crippen LogP contribution >= 0.6 is 0 Å². The fraction of sp³-hybridized carbons (Fsp3) is 0.462. The topological polar surface area (TPSA) is 144 Å². The standard InChI is InChI=1S/C13H16N4O5/c1-13(21)9(20)7(4-18)22-12(13)17-8(19)3-2-6-10(14)15-5-16-11(6)17/h2-3,5,7,9,12,18,20-21H,4H2,1H3,(H2,14,15,16)/t7?,9-,12?,13+/m1/s1. The van der Waals surface area contributed by atoms with Crippen LogP contribution in [0.25, 0.3) is 11.0 Å². The van der Waals surface area contributed by atoms with Gasteiger partial charge in [-0.3, -0.25) is 9.36 Å². The van der Waals surface area contributed by atoms with E-state index in [-0.39, 0.29) is 11.5 Å². The van der Waals surface area contributed by atoms with E-state index >= 15 is 0 Å². The molecule has 0 aliphatic carbocycles. The van der Waals surface area contributed by atoms with Crippen molar-refractivity contribution >= 4 is 16.9 Å². The highest BCUT2D eigenvalue weighted by Gasteiger charge is 2.53. The van der Waals surface area contributed by atoms with Crippen LogP contribution in [0.3, 0.4) is 0 Å². The van der Waals surface area contributed by atoms with Gasteiger partial charge in [-0.2, -0.15) is 0 Å². The van der Waals surface area contributed by atoms with Crippen LogP contribution in [0.2, 0.25) is 0 Å². The van der Waals surface area contributed by atoms with Gasteiger partial charge in [0.15, 0.2) is 11.9 Å². The van der Waals surface area contributed by atoms with Crippen LogP contribution in [0, 0.1) is 0 Å². The van der Waals surface area contributed by atoms with E-state index in [1.807, 2.05) is 0 Å². The number of nitrogens with two attached hydrogens (primary N) is 1. The molecule has 2 unspecified atom stereocenters. The molecule has 0 bridgehead atoms. The van der Waals surface area contributed by atoms with Gasteiger partial charge in [-0.05, 0) is 13.0 Å². The monoisotopic (exact) mass is 308 g/mol. The second-order valence-electron chi connectivity index (χ2n) is 5.42. The molecule has 0 amide bonds. The highest BCUT2D eigenvalue weighted by atomic mass is 16.6. The van der Waals surface area contributed by atoms with Crippen molar-refractivity contribution in [2.24, 2.45) is 0 Å². The zero-order valence-electron chi connectivity index (χ0n) is 11.7. The number of nitrogens with zero attached hydrogens (tertiary/aromatic N) is 3. The smallest absolute Gasteiger partial charge is 0.254 e. The summed E-state index contributed by atoms with van der Waals surface area (Å²) in [5.41, 5.74) is 3.67. The van der Waals surface area contributed by atoms with Gasteiger partial charge in [-0.15, -0.1) is 0 Å². The van der Waals surface area contributed by atoms with Crippen LogP contribution in [-0.2, 0) is 4.74 Å². The Hall–Kier alpha value is -2.07. The number of ether oxygens (including phenoxy) is 1. The maximum absolute atomic E-state index is 12.2. The van der Waals surface area contributed by atoms with E-state index in [1.165, 1.54) is 25.4 Å². The van der Waals surface area contributed by atoms with Gasteiger partial charge in [-0.25, -0.2) is 9.97 Å². The van der Waals surface area contributed by atoms with Gasteiger partial charge in [-0.1, -0.05) is 0 Å². The molecule has 1 aliphatic rings. The second-order valence-corrected chi connectivity index (χ2v) is 5.42. The van der Waals surface area contributed by atoms with Crippen molar-refractivity contribution in [3.63, 3.8) is 0 Å². The Morgan fingerprint density at radius 2 is 2.18 bits per heavy atom. The van der Waals surface area contributed by atoms with Gasteiger partial charge in [0.1, 0.15) is 30.0 Å². The van der Waals surface area contributed by atoms with Crippen LogP contribution < -0.4 is 11.3 Å². The Morgan fingerprint density at radius 1 is 1.45 bits per heavy atom. The molecule has 1 aliphatic heterocycles. The number of aromatic nitrogens is 3. The molecule has 0 saturated carbocycles. The van der Waals surface area contributed by atoms with Gasteiger partial charge in [0.2, 0.25) is 0 Å². The summed E-state index contributed by atoms with van der Waals surface area (Å²) >= 11 is 0. The molecule has 1 saturated heterocycles. The number of rotatable bonds is 2. The van der Waals surface area contributed by atoms with E-state index in [0.717, 1.165) is 4.57 Å². The van der Waals surface area contributed by atoms with Crippen LogP contribution in [0.1, 0.15) is 13.2 Å². The maximum atomic E-state index is 12.2. The molecule has 2 aromatic rings. The third-order valence-electron chi connectivity index (χ3n) is 3.92. The Bertz CT molecular complexity index is 775. The SMILES string of the molecule is C[C@@]1(O)C(n2c(=O)ccc3c(N)ncnc32)OC(CO)[C@H]1O. The fourth-order valence-electron chi connectivity index (χ4n) is 2.68. The first-order valence-electron chi connectivity index (χ1n) is 6.66. The zero-order valence-corrected chi connectivity index (χ0v) is 11.7. The molecule has 2 aromatic heterocycles. The number of aliphatic hydroxyl groups is 3. The number of hydrogen-bond donors (Lipinski definition) is 4. The minimum absolute atomic E-state index is 0.177. The van der Waals surface area contributed by atoms with E-state index in [4.69, 9.17) is 10.5 Å². The summed E-state index contributed by atoms with van der Waals surface area (Å²) in [7, 11) is 0. The number of aliphatic hydroxyl groups excluding tert-OH is 2. The molecule has 22 heavy (non-hydrogen) atoms. The van der Waals surface area contributed by atoms with E-state index in [2.05, 4.69) is 9.97 Å². The van der Waals surface area contributed by atoms with Gasteiger partial charge < -0.3 is 25.8 Å². The lowest BCUT2D eigenvalue weighted by Crippen LogP contribution is -2.46. The van der Waals surface area contributed by atoms with Gasteiger partial charge >= 0.3 is 0 Å². The van der Waals surface area contributed by atoms with Gasteiger partial charge in [0, 0.05) is 6.07 Å². The average molecular weight is 308 g/mol. The summed E-state index contributed by atoms with van der Waals surface area (Å²) in [4.78, 5) is 20.1. The van der Waals surface area contributed by atoms with Crippen LogP contribution in [0.5, 0.6) is 0 Å². The van der Waals surface area contributed by atoms with Gasteiger partial charge in [0.25, 0.3) is 5.56 Å². The molecule has 0 aromatic carbocycles. The largest absolute Gasteiger partial charge is 0.394 e. The van der Waals surface area contributed by atoms with Crippen molar-refractivity contribution in [1.29, 1.82) is 0 Å². The highest BCUT2D eigenvalue weighted by molar-refractivity contribution is 5.85. The van der Waals surface area contributed by atoms with Crippen LogP contribution in [0.15, 0.2) is 23.3 Å². The molecule has 0 spiro atoms. The van der Waals surface area contributed by atoms with Crippen molar-refractivity contribution in [1.82, 2.24) is 14.5 Å².